The molecule has 1 aliphatic heterocycles. The number of nitrogens with zero attached hydrogens (tertiary/aromatic N) is 3. The molecule has 0 radical (unpaired) electrons. The zero-order valence-electron chi connectivity index (χ0n) is 16.7. The highest BCUT2D eigenvalue weighted by Crippen LogP contribution is 2.33. The molecule has 7 heteroatoms. The minimum Gasteiger partial charge on any atom is -0.379 e. The third-order valence-corrected chi connectivity index (χ3v) is 6.12. The molecule has 0 bridgehead atoms. The number of benzene rings is 1. The Morgan fingerprint density at radius 3 is 2.79 bits per heavy atom. The summed E-state index contributed by atoms with van der Waals surface area (Å²) in [7, 11) is 0. The lowest BCUT2D eigenvalue weighted by molar-refractivity contribution is 0.0398. The fourth-order valence-electron chi connectivity index (χ4n) is 3.44. The molecule has 0 aliphatic carbocycles. The van der Waals surface area contributed by atoms with Crippen LogP contribution in [-0.4, -0.2) is 54.3 Å². The molecule has 2 N–H and O–H groups in total. The Hall–Kier alpha value is -2.48. The quantitative estimate of drug-likeness (QED) is 0.580. The summed E-state index contributed by atoms with van der Waals surface area (Å²) in [6.07, 6.45) is 1.85. The van der Waals surface area contributed by atoms with Crippen molar-refractivity contribution in [1.29, 1.82) is 0 Å². The topological polar surface area (TPSA) is 62.3 Å². The number of hydrogen-bond donors (Lipinski definition) is 2. The maximum absolute atomic E-state index is 5.42. The van der Waals surface area contributed by atoms with Crippen LogP contribution >= 0.6 is 11.3 Å². The van der Waals surface area contributed by atoms with Crippen molar-refractivity contribution in [3.8, 4) is 0 Å². The Balaban J connectivity index is 1.53. The summed E-state index contributed by atoms with van der Waals surface area (Å²) >= 11 is 1.65. The fourth-order valence-corrected chi connectivity index (χ4v) is 4.38. The third kappa shape index (κ3) is 4.75. The smallest absolute Gasteiger partial charge is 0.225 e. The van der Waals surface area contributed by atoms with Crippen molar-refractivity contribution >= 4 is 39.4 Å². The Bertz CT molecular complexity index is 952. The molecule has 1 saturated heterocycles. The molecule has 0 spiro atoms. The van der Waals surface area contributed by atoms with E-state index in [-0.39, 0.29) is 6.04 Å². The number of rotatable bonds is 8. The van der Waals surface area contributed by atoms with Crippen molar-refractivity contribution in [2.45, 2.75) is 13.0 Å². The molecule has 0 amide bonds. The summed E-state index contributed by atoms with van der Waals surface area (Å²) in [4.78, 5) is 12.0. The number of anilines is 2. The summed E-state index contributed by atoms with van der Waals surface area (Å²) in [6.45, 7) is 11.4. The second kappa shape index (κ2) is 9.35. The molecular weight excluding hydrogens is 382 g/mol. The molecule has 3 heterocycles. The van der Waals surface area contributed by atoms with Gasteiger partial charge in [0.25, 0.3) is 0 Å². The zero-order valence-corrected chi connectivity index (χ0v) is 17.5. The average molecular weight is 410 g/mol. The van der Waals surface area contributed by atoms with Gasteiger partial charge in [0.2, 0.25) is 5.95 Å². The van der Waals surface area contributed by atoms with E-state index in [4.69, 9.17) is 14.7 Å². The molecule has 3 aromatic rings. The van der Waals surface area contributed by atoms with Gasteiger partial charge < -0.3 is 15.4 Å². The highest BCUT2D eigenvalue weighted by atomic mass is 32.1. The van der Waals surface area contributed by atoms with Crippen LogP contribution in [0.5, 0.6) is 0 Å². The van der Waals surface area contributed by atoms with Crippen molar-refractivity contribution < 1.29 is 4.74 Å². The van der Waals surface area contributed by atoms with Gasteiger partial charge >= 0.3 is 0 Å². The maximum atomic E-state index is 5.42. The van der Waals surface area contributed by atoms with E-state index in [2.05, 4.69) is 58.7 Å². The van der Waals surface area contributed by atoms with Crippen LogP contribution in [-0.2, 0) is 4.74 Å². The van der Waals surface area contributed by atoms with Crippen LogP contribution in [0.2, 0.25) is 0 Å². The van der Waals surface area contributed by atoms with Crippen molar-refractivity contribution in [2.75, 3.05) is 50.0 Å². The summed E-state index contributed by atoms with van der Waals surface area (Å²) in [5.74, 6) is 1.51. The molecule has 1 unspecified atom stereocenters. The molecule has 1 aliphatic rings. The average Bonchev–Trinajstić information content (AvgIpc) is 3.18. The van der Waals surface area contributed by atoms with Crippen LogP contribution in [0.4, 0.5) is 11.8 Å². The zero-order chi connectivity index (χ0) is 20.1. The fraction of sp³-hybridized carbons (Fsp3) is 0.364. The molecular formula is C22H27N5OS. The summed E-state index contributed by atoms with van der Waals surface area (Å²) < 4.78 is 6.47. The van der Waals surface area contributed by atoms with Gasteiger partial charge in [-0.15, -0.1) is 11.3 Å². The number of hydrogen-bond acceptors (Lipinski definition) is 7. The molecule has 4 rings (SSSR count). The molecule has 1 fully saturated rings. The van der Waals surface area contributed by atoms with E-state index in [0.717, 1.165) is 61.0 Å². The molecule has 0 saturated carbocycles. The lowest BCUT2D eigenvalue weighted by atomic mass is 10.1. The molecule has 2 aromatic heterocycles. The highest BCUT2D eigenvalue weighted by Gasteiger charge is 2.15. The monoisotopic (exact) mass is 409 g/mol. The molecule has 29 heavy (non-hydrogen) atoms. The Labute approximate surface area is 175 Å². The van der Waals surface area contributed by atoms with Crippen LogP contribution in [0.25, 0.3) is 16.3 Å². The minimum absolute atomic E-state index is 0.143. The van der Waals surface area contributed by atoms with Gasteiger partial charge in [-0.2, -0.15) is 4.98 Å². The maximum Gasteiger partial charge on any atom is 0.225 e. The van der Waals surface area contributed by atoms with E-state index in [1.807, 2.05) is 12.1 Å². The van der Waals surface area contributed by atoms with Crippen LogP contribution in [0.15, 0.2) is 42.3 Å². The first-order valence-corrected chi connectivity index (χ1v) is 10.9. The second-order valence-electron chi connectivity index (χ2n) is 7.13. The Kier molecular flexibility index (Phi) is 6.39. The van der Waals surface area contributed by atoms with E-state index in [1.165, 1.54) is 5.56 Å². The van der Waals surface area contributed by atoms with Gasteiger partial charge in [0.15, 0.2) is 0 Å². The number of morpholine rings is 1. The summed E-state index contributed by atoms with van der Waals surface area (Å²) in [5, 5.41) is 9.07. The second-order valence-corrected chi connectivity index (χ2v) is 8.01. The van der Waals surface area contributed by atoms with E-state index >= 15 is 0 Å². The van der Waals surface area contributed by atoms with Gasteiger partial charge in [0.1, 0.15) is 5.82 Å². The van der Waals surface area contributed by atoms with Gasteiger partial charge in [-0.05, 0) is 12.5 Å². The van der Waals surface area contributed by atoms with E-state index < -0.39 is 0 Å². The predicted molar refractivity (Wildman–Crippen MR) is 122 cm³/mol. The lowest BCUT2D eigenvalue weighted by Gasteiger charge is -2.26. The lowest BCUT2D eigenvalue weighted by Crippen LogP contribution is -2.39. The first-order valence-electron chi connectivity index (χ1n) is 10.0. The van der Waals surface area contributed by atoms with Gasteiger partial charge in [0.05, 0.1) is 23.4 Å². The first-order chi connectivity index (χ1) is 14.2. The summed E-state index contributed by atoms with van der Waals surface area (Å²) in [6, 6.07) is 10.5. The van der Waals surface area contributed by atoms with Gasteiger partial charge in [-0.25, -0.2) is 4.98 Å². The van der Waals surface area contributed by atoms with Crippen LogP contribution in [0, 0.1) is 0 Å². The number of nitrogens with one attached hydrogen (secondary N) is 2. The largest absolute Gasteiger partial charge is 0.379 e. The normalized spacial score (nSPS) is 15.9. The van der Waals surface area contributed by atoms with Crippen molar-refractivity contribution in [3.05, 3.63) is 53.4 Å². The Morgan fingerprint density at radius 2 is 2.03 bits per heavy atom. The minimum atomic E-state index is 0.143. The number of thiophene rings is 1. The number of ether oxygens (including phenoxy) is 1. The van der Waals surface area contributed by atoms with E-state index in [1.54, 1.807) is 11.3 Å². The van der Waals surface area contributed by atoms with Crippen LogP contribution < -0.4 is 10.6 Å². The number of fused-ring (bicyclic) bond motifs is 1. The standard InChI is InChI=1S/C22H27N5OS/c1-3-17-15-29-20-19(17)25-22(23-9-10-27-11-13-28-14-12-27)26-21(20)24-16(2)18-7-5-4-6-8-18/h3-8,15-16H,1,9-14H2,2H3,(H2,23,24,25,26). The van der Waals surface area contributed by atoms with Crippen molar-refractivity contribution in [3.63, 3.8) is 0 Å². The first kappa shape index (κ1) is 19.8. The van der Waals surface area contributed by atoms with E-state index in [0.29, 0.717) is 5.95 Å². The molecule has 152 valence electrons. The summed E-state index contributed by atoms with van der Waals surface area (Å²) in [5.41, 5.74) is 3.21. The van der Waals surface area contributed by atoms with Crippen molar-refractivity contribution in [1.82, 2.24) is 14.9 Å². The molecule has 1 atom stereocenters. The predicted octanol–water partition coefficient (Wildman–Crippen LogP) is 4.25. The van der Waals surface area contributed by atoms with Crippen LogP contribution in [0.1, 0.15) is 24.1 Å². The highest BCUT2D eigenvalue weighted by molar-refractivity contribution is 7.18. The van der Waals surface area contributed by atoms with Crippen LogP contribution in [0.3, 0.4) is 0 Å². The van der Waals surface area contributed by atoms with Crippen molar-refractivity contribution in [2.24, 2.45) is 0 Å². The third-order valence-electron chi connectivity index (χ3n) is 5.13. The molecule has 6 nitrogen and oxygen atoms in total. The SMILES string of the molecule is C=Cc1csc2c(NC(C)c3ccccc3)nc(NCCN3CCOCC3)nc12. The van der Waals surface area contributed by atoms with Gasteiger partial charge in [-0.3, -0.25) is 4.90 Å². The Morgan fingerprint density at radius 1 is 1.24 bits per heavy atom. The number of aromatic nitrogens is 2. The van der Waals surface area contributed by atoms with Gasteiger partial charge in [0, 0.05) is 43.2 Å². The van der Waals surface area contributed by atoms with E-state index in [9.17, 15) is 0 Å². The van der Waals surface area contributed by atoms with Gasteiger partial charge in [-0.1, -0.05) is 43.0 Å². The molecule has 1 aromatic carbocycles.